The molecule has 0 amide bonds. The third-order valence-electron chi connectivity index (χ3n) is 7.40. The number of benzene rings is 1. The minimum Gasteiger partial charge on any atom is -0.495 e. The minimum absolute atomic E-state index is 0.0777. The van der Waals surface area contributed by atoms with Gasteiger partial charge in [-0.1, -0.05) is 17.7 Å². The SMILES string of the molecule is COc1ccc(N2C(=S)N[C@@H](c3ccccn3)[C@@H]2c2cc(C)n(CCCN3CCOCC3)c2C)cc1Cl. The zero-order chi connectivity index (χ0) is 25.9. The van der Waals surface area contributed by atoms with E-state index < -0.39 is 0 Å². The van der Waals surface area contributed by atoms with E-state index in [1.54, 1.807) is 7.11 Å². The fourth-order valence-corrected chi connectivity index (χ4v) is 6.10. The normalized spacial score (nSPS) is 20.3. The van der Waals surface area contributed by atoms with Crippen LogP contribution in [0.5, 0.6) is 5.75 Å². The Morgan fingerprint density at radius 1 is 1.14 bits per heavy atom. The van der Waals surface area contributed by atoms with Crippen molar-refractivity contribution in [1.82, 2.24) is 19.8 Å². The number of morpholine rings is 1. The van der Waals surface area contributed by atoms with Gasteiger partial charge in [0.15, 0.2) is 5.11 Å². The second-order valence-electron chi connectivity index (χ2n) is 9.60. The summed E-state index contributed by atoms with van der Waals surface area (Å²) in [5.74, 6) is 0.639. The summed E-state index contributed by atoms with van der Waals surface area (Å²) >= 11 is 12.4. The number of halogens is 1. The van der Waals surface area contributed by atoms with Crippen LogP contribution >= 0.6 is 23.8 Å². The Morgan fingerprint density at radius 3 is 2.65 bits per heavy atom. The second-order valence-corrected chi connectivity index (χ2v) is 10.4. The van der Waals surface area contributed by atoms with Crippen molar-refractivity contribution in [2.75, 3.05) is 44.9 Å². The van der Waals surface area contributed by atoms with E-state index in [1.807, 2.05) is 36.5 Å². The zero-order valence-electron chi connectivity index (χ0n) is 21.6. The smallest absolute Gasteiger partial charge is 0.174 e. The molecule has 2 aliphatic rings. The van der Waals surface area contributed by atoms with E-state index in [0.717, 1.165) is 57.2 Å². The van der Waals surface area contributed by atoms with Crippen molar-refractivity contribution in [3.05, 3.63) is 76.3 Å². The number of hydrogen-bond donors (Lipinski definition) is 1. The van der Waals surface area contributed by atoms with E-state index >= 15 is 0 Å². The van der Waals surface area contributed by atoms with Crippen LogP contribution in [-0.2, 0) is 11.3 Å². The van der Waals surface area contributed by atoms with Crippen LogP contribution < -0.4 is 15.0 Å². The van der Waals surface area contributed by atoms with Gasteiger partial charge in [0.25, 0.3) is 0 Å². The number of anilines is 1. The molecule has 0 saturated carbocycles. The molecule has 0 unspecified atom stereocenters. The Kier molecular flexibility index (Phi) is 8.00. The molecule has 3 aromatic rings. The number of rotatable bonds is 8. The van der Waals surface area contributed by atoms with Crippen LogP contribution in [0.1, 0.15) is 41.1 Å². The average molecular weight is 540 g/mol. The number of pyridine rings is 1. The fraction of sp³-hybridized carbons (Fsp3) is 0.429. The first-order valence-electron chi connectivity index (χ1n) is 12.8. The van der Waals surface area contributed by atoms with E-state index in [1.165, 1.54) is 17.0 Å². The number of aromatic nitrogens is 2. The number of nitrogens with zero attached hydrogens (tertiary/aromatic N) is 4. The number of hydrogen-bond acceptors (Lipinski definition) is 5. The maximum absolute atomic E-state index is 6.54. The van der Waals surface area contributed by atoms with Crippen LogP contribution in [0.4, 0.5) is 5.69 Å². The van der Waals surface area contributed by atoms with Crippen molar-refractivity contribution in [2.45, 2.75) is 38.9 Å². The highest BCUT2D eigenvalue weighted by Crippen LogP contribution is 2.44. The Labute approximate surface area is 229 Å². The first-order chi connectivity index (χ1) is 18.0. The molecule has 196 valence electrons. The third-order valence-corrected chi connectivity index (χ3v) is 8.01. The number of thiocarbonyl (C=S) groups is 1. The number of methoxy groups -OCH3 is 1. The molecule has 1 aromatic carbocycles. The van der Waals surface area contributed by atoms with Gasteiger partial charge in [0.05, 0.1) is 43.1 Å². The highest BCUT2D eigenvalue weighted by Gasteiger charge is 2.42. The lowest BCUT2D eigenvalue weighted by molar-refractivity contribution is 0.0369. The van der Waals surface area contributed by atoms with Crippen LogP contribution in [0.3, 0.4) is 0 Å². The van der Waals surface area contributed by atoms with E-state index in [-0.39, 0.29) is 12.1 Å². The van der Waals surface area contributed by atoms with Crippen molar-refractivity contribution in [3.63, 3.8) is 0 Å². The van der Waals surface area contributed by atoms with Crippen molar-refractivity contribution in [3.8, 4) is 5.75 Å². The molecule has 9 heteroatoms. The third kappa shape index (κ3) is 5.34. The van der Waals surface area contributed by atoms with E-state index in [0.29, 0.717) is 15.9 Å². The molecule has 2 aromatic heterocycles. The Hall–Kier alpha value is -2.65. The summed E-state index contributed by atoms with van der Waals surface area (Å²) in [6, 6.07) is 14.0. The quantitative estimate of drug-likeness (QED) is 0.401. The highest BCUT2D eigenvalue weighted by molar-refractivity contribution is 7.80. The Bertz CT molecular complexity index is 1240. The van der Waals surface area contributed by atoms with Crippen molar-refractivity contribution in [2.24, 2.45) is 0 Å². The number of aryl methyl sites for hydroxylation is 1. The minimum atomic E-state index is -0.100. The summed E-state index contributed by atoms with van der Waals surface area (Å²) in [6.07, 6.45) is 2.93. The lowest BCUT2D eigenvalue weighted by Gasteiger charge is -2.29. The van der Waals surface area contributed by atoms with E-state index in [2.05, 4.69) is 50.6 Å². The number of nitrogens with one attached hydrogen (secondary N) is 1. The standard InChI is InChI=1S/C28H34ClN5O2S/c1-19-17-22(20(2)33(19)12-6-11-32-13-15-36-16-14-32)27-26(24-7-4-5-10-30-24)31-28(37)34(27)21-8-9-25(35-3)23(29)18-21/h4-5,7-10,17-18,26-27H,6,11-16H2,1-3H3,(H,31,37)/t26-,27-/m0/s1. The van der Waals surface area contributed by atoms with Crippen LogP contribution in [0, 0.1) is 13.8 Å². The van der Waals surface area contributed by atoms with E-state index in [4.69, 9.17) is 33.3 Å². The summed E-state index contributed by atoms with van der Waals surface area (Å²) in [5.41, 5.74) is 5.61. The predicted octanol–water partition coefficient (Wildman–Crippen LogP) is 5.06. The summed E-state index contributed by atoms with van der Waals surface area (Å²) < 4.78 is 13.3. The van der Waals surface area contributed by atoms with Gasteiger partial charge in [0.1, 0.15) is 5.75 Å². The Morgan fingerprint density at radius 2 is 1.95 bits per heavy atom. The van der Waals surface area contributed by atoms with Gasteiger partial charge in [0, 0.05) is 49.5 Å². The van der Waals surface area contributed by atoms with Crippen LogP contribution in [-0.4, -0.2) is 59.5 Å². The van der Waals surface area contributed by atoms with Crippen molar-refractivity contribution in [1.29, 1.82) is 0 Å². The summed E-state index contributed by atoms with van der Waals surface area (Å²) in [5, 5.41) is 4.75. The molecule has 0 aliphatic carbocycles. The largest absolute Gasteiger partial charge is 0.495 e. The van der Waals surface area contributed by atoms with E-state index in [9.17, 15) is 0 Å². The molecule has 2 saturated heterocycles. The van der Waals surface area contributed by atoms with Crippen LogP contribution in [0.15, 0.2) is 48.7 Å². The average Bonchev–Trinajstić information content (AvgIpc) is 3.40. The molecule has 4 heterocycles. The van der Waals surface area contributed by atoms with Crippen LogP contribution in [0.25, 0.3) is 0 Å². The summed E-state index contributed by atoms with van der Waals surface area (Å²) in [4.78, 5) is 9.34. The van der Waals surface area contributed by atoms with Gasteiger partial charge < -0.3 is 24.3 Å². The topological polar surface area (TPSA) is 54.8 Å². The molecule has 0 radical (unpaired) electrons. The Balaban J connectivity index is 1.48. The predicted molar refractivity (Wildman–Crippen MR) is 152 cm³/mol. The lowest BCUT2D eigenvalue weighted by atomic mass is 9.96. The molecule has 2 aliphatic heterocycles. The molecule has 2 fully saturated rings. The molecule has 0 spiro atoms. The molecular weight excluding hydrogens is 506 g/mol. The second kappa shape index (κ2) is 11.4. The summed E-state index contributed by atoms with van der Waals surface area (Å²) in [6.45, 7) is 10.2. The number of ether oxygens (including phenoxy) is 2. The van der Waals surface area contributed by atoms with Gasteiger partial charge in [-0.25, -0.2) is 0 Å². The van der Waals surface area contributed by atoms with Gasteiger partial charge in [-0.3, -0.25) is 9.88 Å². The van der Waals surface area contributed by atoms with Crippen LogP contribution in [0.2, 0.25) is 5.02 Å². The molecular formula is C28H34ClN5O2S. The van der Waals surface area contributed by atoms with Crippen molar-refractivity contribution < 1.29 is 9.47 Å². The van der Waals surface area contributed by atoms with Gasteiger partial charge in [0.2, 0.25) is 0 Å². The molecule has 0 bridgehead atoms. The first-order valence-corrected chi connectivity index (χ1v) is 13.6. The highest BCUT2D eigenvalue weighted by atomic mass is 35.5. The van der Waals surface area contributed by atoms with Gasteiger partial charge in [-0.05, 0) is 74.4 Å². The lowest BCUT2D eigenvalue weighted by Crippen LogP contribution is -2.37. The zero-order valence-corrected chi connectivity index (χ0v) is 23.2. The van der Waals surface area contributed by atoms with Gasteiger partial charge >= 0.3 is 0 Å². The molecule has 2 atom stereocenters. The van der Waals surface area contributed by atoms with Gasteiger partial charge in [-0.2, -0.15) is 0 Å². The van der Waals surface area contributed by atoms with Gasteiger partial charge in [-0.15, -0.1) is 0 Å². The molecule has 7 nitrogen and oxygen atoms in total. The summed E-state index contributed by atoms with van der Waals surface area (Å²) in [7, 11) is 1.62. The molecule has 5 rings (SSSR count). The maximum atomic E-state index is 6.54. The monoisotopic (exact) mass is 539 g/mol. The molecule has 1 N–H and O–H groups in total. The maximum Gasteiger partial charge on any atom is 0.174 e. The van der Waals surface area contributed by atoms with Crippen molar-refractivity contribution >= 4 is 34.6 Å². The molecule has 37 heavy (non-hydrogen) atoms. The first kappa shape index (κ1) is 26.0. The fourth-order valence-electron chi connectivity index (χ4n) is 5.50.